The summed E-state index contributed by atoms with van der Waals surface area (Å²) in [7, 11) is 0. The zero-order chi connectivity index (χ0) is 18.5. The van der Waals surface area contributed by atoms with Crippen LogP contribution in [0.2, 0.25) is 0 Å². The monoisotopic (exact) mass is 346 g/mol. The van der Waals surface area contributed by atoms with Gasteiger partial charge in [0.05, 0.1) is 11.5 Å². The van der Waals surface area contributed by atoms with E-state index in [1.54, 1.807) is 0 Å². The van der Waals surface area contributed by atoms with Crippen LogP contribution in [0.4, 0.5) is 0 Å². The van der Waals surface area contributed by atoms with Crippen LogP contribution in [0.15, 0.2) is 23.3 Å². The van der Waals surface area contributed by atoms with E-state index in [1.807, 2.05) is 20.8 Å². The maximum Gasteiger partial charge on any atom is 0.189 e. The van der Waals surface area contributed by atoms with E-state index in [-0.39, 0.29) is 28.8 Å². The van der Waals surface area contributed by atoms with Crippen molar-refractivity contribution in [1.82, 2.24) is 0 Å². The lowest BCUT2D eigenvalue weighted by Gasteiger charge is -2.54. The molecular weight excluding hydrogens is 320 g/mol. The normalized spacial score (nSPS) is 52.3. The Labute approximate surface area is 147 Å². The van der Waals surface area contributed by atoms with Crippen LogP contribution < -0.4 is 0 Å². The van der Waals surface area contributed by atoms with Gasteiger partial charge in [-0.15, -0.1) is 0 Å². The van der Waals surface area contributed by atoms with Crippen LogP contribution in [0.1, 0.15) is 40.0 Å². The smallest absolute Gasteiger partial charge is 0.189 e. The van der Waals surface area contributed by atoms with Crippen molar-refractivity contribution >= 4 is 11.6 Å². The molecule has 0 radical (unpaired) electrons. The van der Waals surface area contributed by atoms with Gasteiger partial charge in [-0.3, -0.25) is 9.59 Å². The Morgan fingerprint density at radius 2 is 1.76 bits per heavy atom. The molecule has 4 aliphatic carbocycles. The molecule has 136 valence electrons. The predicted molar refractivity (Wildman–Crippen MR) is 90.4 cm³/mol. The van der Waals surface area contributed by atoms with Crippen LogP contribution in [0.3, 0.4) is 0 Å². The number of aliphatic hydroxyl groups is 3. The fraction of sp³-hybridized carbons (Fsp3) is 0.700. The zero-order valence-electron chi connectivity index (χ0n) is 15.0. The molecule has 0 saturated heterocycles. The van der Waals surface area contributed by atoms with Crippen LogP contribution in [0, 0.1) is 28.6 Å². The van der Waals surface area contributed by atoms with E-state index < -0.39 is 40.8 Å². The number of fused-ring (bicyclic) bond motifs is 2. The number of aliphatic hydroxyl groups excluding tert-OH is 3. The fourth-order valence-electron chi connectivity index (χ4n) is 5.81. The molecule has 5 nitrogen and oxygen atoms in total. The Balaban J connectivity index is 1.94. The minimum atomic E-state index is -1.40. The largest absolute Gasteiger partial charge is 0.389 e. The summed E-state index contributed by atoms with van der Waals surface area (Å²) in [5, 5.41) is 32.2. The quantitative estimate of drug-likeness (QED) is 0.572. The van der Waals surface area contributed by atoms with Crippen molar-refractivity contribution in [3.8, 4) is 0 Å². The van der Waals surface area contributed by atoms with Gasteiger partial charge in [-0.05, 0) is 31.1 Å². The summed E-state index contributed by atoms with van der Waals surface area (Å²) in [5.74, 6) is -1.20. The highest BCUT2D eigenvalue weighted by Crippen LogP contribution is 2.64. The second kappa shape index (κ2) is 4.90. The first-order valence-corrected chi connectivity index (χ1v) is 9.15. The summed E-state index contributed by atoms with van der Waals surface area (Å²) in [6.07, 6.45) is -2.04. The van der Waals surface area contributed by atoms with Gasteiger partial charge in [0.1, 0.15) is 12.2 Å². The van der Waals surface area contributed by atoms with E-state index >= 15 is 0 Å². The Morgan fingerprint density at radius 3 is 2.32 bits per heavy atom. The Morgan fingerprint density at radius 1 is 1.16 bits per heavy atom. The predicted octanol–water partition coefficient (Wildman–Crippen LogP) is 1.17. The highest BCUT2D eigenvalue weighted by Gasteiger charge is 2.71. The molecule has 2 fully saturated rings. The van der Waals surface area contributed by atoms with Crippen LogP contribution in [-0.4, -0.2) is 45.2 Å². The lowest BCUT2D eigenvalue weighted by atomic mass is 9.50. The van der Waals surface area contributed by atoms with Crippen molar-refractivity contribution < 1.29 is 24.9 Å². The first-order chi connectivity index (χ1) is 11.6. The average Bonchev–Trinajstić information content (AvgIpc) is 3.23. The van der Waals surface area contributed by atoms with Gasteiger partial charge in [-0.25, -0.2) is 0 Å². The molecule has 0 aromatic heterocycles. The maximum atomic E-state index is 13.2. The molecule has 0 bridgehead atoms. The second-order valence-electron chi connectivity index (χ2n) is 8.88. The summed E-state index contributed by atoms with van der Waals surface area (Å²) in [4.78, 5) is 26.3. The van der Waals surface area contributed by atoms with Crippen LogP contribution in [-0.2, 0) is 9.59 Å². The summed E-state index contributed by atoms with van der Waals surface area (Å²) < 4.78 is 0. The number of carbonyl (C=O) groups excluding carboxylic acids is 2. The number of rotatable bonds is 0. The number of ketones is 2. The molecule has 3 N–H and O–H groups in total. The summed E-state index contributed by atoms with van der Waals surface area (Å²) >= 11 is 0. The SMILES string of the molecule is C=C1[C@H](C)CC[C@]2(C)C3=C(C(=O)[C@]4(C[C@@H]4C)[C@H](O)C3=O)[C@H](O)[C@@H](O)[C@@H]12. The number of hydrogen-bond donors (Lipinski definition) is 3. The fourth-order valence-corrected chi connectivity index (χ4v) is 5.81. The number of carbonyl (C=O) groups is 2. The van der Waals surface area contributed by atoms with Crippen molar-refractivity contribution in [2.75, 3.05) is 0 Å². The lowest BCUT2D eigenvalue weighted by molar-refractivity contribution is -0.145. The van der Waals surface area contributed by atoms with Crippen molar-refractivity contribution in [1.29, 1.82) is 0 Å². The minimum Gasteiger partial charge on any atom is -0.389 e. The van der Waals surface area contributed by atoms with Gasteiger partial charge < -0.3 is 15.3 Å². The van der Waals surface area contributed by atoms with Gasteiger partial charge in [-0.1, -0.05) is 32.9 Å². The Kier molecular flexibility index (Phi) is 3.36. The molecule has 1 spiro atoms. The zero-order valence-corrected chi connectivity index (χ0v) is 15.0. The van der Waals surface area contributed by atoms with E-state index in [9.17, 15) is 24.9 Å². The number of hydrogen-bond acceptors (Lipinski definition) is 5. The molecular formula is C20H26O5. The van der Waals surface area contributed by atoms with Gasteiger partial charge in [0.25, 0.3) is 0 Å². The van der Waals surface area contributed by atoms with Crippen molar-refractivity contribution in [3.63, 3.8) is 0 Å². The van der Waals surface area contributed by atoms with Gasteiger partial charge in [-0.2, -0.15) is 0 Å². The van der Waals surface area contributed by atoms with Gasteiger partial charge in [0.2, 0.25) is 0 Å². The summed E-state index contributed by atoms with van der Waals surface area (Å²) in [5.41, 5.74) is -0.774. The molecule has 5 heteroatoms. The highest BCUT2D eigenvalue weighted by molar-refractivity contribution is 6.19. The van der Waals surface area contributed by atoms with Gasteiger partial charge >= 0.3 is 0 Å². The molecule has 0 unspecified atom stereocenters. The van der Waals surface area contributed by atoms with Gasteiger partial charge in [0, 0.05) is 22.5 Å². The summed E-state index contributed by atoms with van der Waals surface area (Å²) in [6.45, 7) is 9.83. The third kappa shape index (κ3) is 1.79. The molecule has 0 amide bonds. The average molecular weight is 346 g/mol. The standard InChI is InChI=1S/C20H26O5/c1-8-5-6-19(4)12(10(8)3)15(22)14(21)11-13(19)16(23)18(25)20(17(11)24)7-9(20)2/h8-9,12,14-15,18,21-22,25H,3,5-7H2,1-2,4H3/t8-,9+,12-,14+,15+,18-,19+,20-/m1/s1. The molecule has 0 aromatic rings. The van der Waals surface area contributed by atoms with Crippen molar-refractivity contribution in [3.05, 3.63) is 23.3 Å². The van der Waals surface area contributed by atoms with Crippen molar-refractivity contribution in [2.24, 2.45) is 28.6 Å². The Bertz CT molecular complexity index is 736. The molecule has 4 rings (SSSR count). The van der Waals surface area contributed by atoms with Crippen molar-refractivity contribution in [2.45, 2.75) is 58.3 Å². The van der Waals surface area contributed by atoms with E-state index in [2.05, 4.69) is 6.58 Å². The van der Waals surface area contributed by atoms with E-state index in [1.165, 1.54) is 0 Å². The van der Waals surface area contributed by atoms with E-state index in [0.717, 1.165) is 12.0 Å². The second-order valence-corrected chi connectivity index (χ2v) is 8.88. The Hall–Kier alpha value is -1.30. The van der Waals surface area contributed by atoms with E-state index in [0.29, 0.717) is 12.8 Å². The van der Waals surface area contributed by atoms with Crippen LogP contribution in [0.25, 0.3) is 0 Å². The van der Waals surface area contributed by atoms with Gasteiger partial charge in [0.15, 0.2) is 11.6 Å². The topological polar surface area (TPSA) is 94.8 Å². The molecule has 0 aliphatic heterocycles. The minimum absolute atomic E-state index is 0.0493. The maximum absolute atomic E-state index is 13.2. The first-order valence-electron chi connectivity index (χ1n) is 9.15. The molecule has 25 heavy (non-hydrogen) atoms. The lowest BCUT2D eigenvalue weighted by Crippen LogP contribution is -2.60. The molecule has 4 aliphatic rings. The third-order valence-electron chi connectivity index (χ3n) is 7.63. The highest BCUT2D eigenvalue weighted by atomic mass is 16.3. The number of Topliss-reactive ketones (excluding diaryl/α,β-unsaturated/α-hetero) is 2. The van der Waals surface area contributed by atoms with Crippen LogP contribution >= 0.6 is 0 Å². The third-order valence-corrected chi connectivity index (χ3v) is 7.63. The molecule has 8 atom stereocenters. The molecule has 2 saturated carbocycles. The molecule has 0 aromatic carbocycles. The van der Waals surface area contributed by atoms with Crippen LogP contribution in [0.5, 0.6) is 0 Å². The summed E-state index contributed by atoms with van der Waals surface area (Å²) in [6, 6.07) is 0. The first kappa shape index (κ1) is 17.1. The molecule has 0 heterocycles. The van der Waals surface area contributed by atoms with E-state index in [4.69, 9.17) is 0 Å².